The maximum Gasteiger partial charge on any atom is 0.161 e. The summed E-state index contributed by atoms with van der Waals surface area (Å²) < 4.78 is 28.1. The van der Waals surface area contributed by atoms with E-state index < -0.39 is 0 Å². The molecule has 0 saturated heterocycles. The van der Waals surface area contributed by atoms with Gasteiger partial charge < -0.3 is 23.7 Å². The van der Waals surface area contributed by atoms with Crippen LogP contribution in [-0.2, 0) is 0 Å². The lowest BCUT2D eigenvalue weighted by Crippen LogP contribution is -2.09. The van der Waals surface area contributed by atoms with Gasteiger partial charge in [0.1, 0.15) is 11.9 Å². The molecule has 4 rings (SSSR count). The molecule has 0 saturated carbocycles. The number of hydrogen-bond acceptors (Lipinski definition) is 5. The maximum absolute atomic E-state index is 6.40. The van der Waals surface area contributed by atoms with Gasteiger partial charge in [0.05, 0.1) is 28.4 Å². The summed E-state index contributed by atoms with van der Waals surface area (Å²) in [7, 11) is 6.51. The van der Waals surface area contributed by atoms with Gasteiger partial charge in [0.25, 0.3) is 0 Å². The van der Waals surface area contributed by atoms with Gasteiger partial charge in [-0.1, -0.05) is 24.3 Å². The Kier molecular flexibility index (Phi) is 4.74. The van der Waals surface area contributed by atoms with Crippen LogP contribution in [0.5, 0.6) is 28.7 Å². The third-order valence-electron chi connectivity index (χ3n) is 4.94. The van der Waals surface area contributed by atoms with E-state index in [9.17, 15) is 0 Å². The predicted octanol–water partition coefficient (Wildman–Crippen LogP) is 5.02. The van der Waals surface area contributed by atoms with Crippen molar-refractivity contribution in [3.63, 3.8) is 0 Å². The molecule has 144 valence electrons. The molecule has 1 aliphatic rings. The summed E-state index contributed by atoms with van der Waals surface area (Å²) in [6, 6.07) is 13.8. The molecule has 0 bridgehead atoms. The summed E-state index contributed by atoms with van der Waals surface area (Å²) in [6.07, 6.45) is 3.89. The van der Waals surface area contributed by atoms with Crippen LogP contribution in [0.15, 0.2) is 48.5 Å². The zero-order valence-electron chi connectivity index (χ0n) is 16.3. The van der Waals surface area contributed by atoms with Gasteiger partial charge in [-0.05, 0) is 35.7 Å². The Morgan fingerprint density at radius 1 is 0.714 bits per heavy atom. The van der Waals surface area contributed by atoms with E-state index in [1.807, 2.05) is 42.5 Å². The fraction of sp³-hybridized carbons (Fsp3) is 0.217. The summed E-state index contributed by atoms with van der Waals surface area (Å²) >= 11 is 0. The average molecular weight is 378 g/mol. The highest BCUT2D eigenvalue weighted by atomic mass is 16.5. The molecule has 5 nitrogen and oxygen atoms in total. The van der Waals surface area contributed by atoms with Gasteiger partial charge in [-0.2, -0.15) is 0 Å². The molecule has 0 radical (unpaired) electrons. The second-order valence-electron chi connectivity index (χ2n) is 6.42. The Morgan fingerprint density at radius 3 is 2.11 bits per heavy atom. The van der Waals surface area contributed by atoms with Crippen LogP contribution in [0.1, 0.15) is 17.2 Å². The van der Waals surface area contributed by atoms with E-state index in [0.29, 0.717) is 23.0 Å². The van der Waals surface area contributed by atoms with Crippen LogP contribution in [-0.4, -0.2) is 28.4 Å². The standard InChI is InChI=1S/C23H22O5/c1-24-19-10-8-16(12-20(19)25-2)18-9-7-14-5-6-15-11-21(26-3)22(27-4)13-17(15)23(14)28-18/h5-13,18H,1-4H3. The van der Waals surface area contributed by atoms with E-state index in [1.165, 1.54) is 0 Å². The van der Waals surface area contributed by atoms with Gasteiger partial charge in [0.2, 0.25) is 0 Å². The Bertz CT molecular complexity index is 1050. The smallest absolute Gasteiger partial charge is 0.161 e. The van der Waals surface area contributed by atoms with Gasteiger partial charge in [-0.15, -0.1) is 0 Å². The Morgan fingerprint density at radius 2 is 1.39 bits per heavy atom. The lowest BCUT2D eigenvalue weighted by Gasteiger charge is -2.24. The lowest BCUT2D eigenvalue weighted by molar-refractivity contribution is 0.254. The van der Waals surface area contributed by atoms with Crippen molar-refractivity contribution in [2.75, 3.05) is 28.4 Å². The summed E-state index contributed by atoms with van der Waals surface area (Å²) in [5.41, 5.74) is 2.01. The van der Waals surface area contributed by atoms with Crippen LogP contribution in [0.2, 0.25) is 0 Å². The van der Waals surface area contributed by atoms with Gasteiger partial charge in [-0.25, -0.2) is 0 Å². The normalized spacial score (nSPS) is 14.9. The summed E-state index contributed by atoms with van der Waals surface area (Å²) in [5, 5.41) is 2.00. The van der Waals surface area contributed by atoms with Gasteiger partial charge in [-0.3, -0.25) is 0 Å². The van der Waals surface area contributed by atoms with E-state index in [2.05, 4.69) is 12.1 Å². The topological polar surface area (TPSA) is 46.2 Å². The molecule has 28 heavy (non-hydrogen) atoms. The molecule has 1 aliphatic heterocycles. The molecule has 0 fully saturated rings. The van der Waals surface area contributed by atoms with Crippen LogP contribution in [0.3, 0.4) is 0 Å². The summed E-state index contributed by atoms with van der Waals surface area (Å²) in [4.78, 5) is 0. The Balaban J connectivity index is 1.78. The summed E-state index contributed by atoms with van der Waals surface area (Å²) in [5.74, 6) is 3.54. The van der Waals surface area contributed by atoms with Crippen molar-refractivity contribution in [3.05, 3.63) is 59.7 Å². The van der Waals surface area contributed by atoms with Crippen molar-refractivity contribution in [1.29, 1.82) is 0 Å². The number of fused-ring (bicyclic) bond motifs is 3. The largest absolute Gasteiger partial charge is 0.493 e. The molecule has 1 atom stereocenters. The van der Waals surface area contributed by atoms with Crippen LogP contribution < -0.4 is 23.7 Å². The zero-order chi connectivity index (χ0) is 19.7. The minimum atomic E-state index is -0.231. The molecule has 0 amide bonds. The van der Waals surface area contributed by atoms with Crippen molar-refractivity contribution < 1.29 is 23.7 Å². The van der Waals surface area contributed by atoms with Crippen molar-refractivity contribution >= 4 is 16.8 Å². The van der Waals surface area contributed by atoms with Crippen molar-refractivity contribution in [1.82, 2.24) is 0 Å². The first-order chi connectivity index (χ1) is 13.7. The molecule has 0 aromatic heterocycles. The minimum absolute atomic E-state index is 0.231. The molecule has 0 N–H and O–H groups in total. The molecule has 1 unspecified atom stereocenters. The summed E-state index contributed by atoms with van der Waals surface area (Å²) in [6.45, 7) is 0. The van der Waals surface area contributed by atoms with Crippen LogP contribution >= 0.6 is 0 Å². The van der Waals surface area contributed by atoms with E-state index in [-0.39, 0.29) is 6.10 Å². The third-order valence-corrected chi connectivity index (χ3v) is 4.94. The highest BCUT2D eigenvalue weighted by Crippen LogP contribution is 2.43. The predicted molar refractivity (Wildman–Crippen MR) is 109 cm³/mol. The fourth-order valence-electron chi connectivity index (χ4n) is 3.47. The fourth-order valence-corrected chi connectivity index (χ4v) is 3.47. The number of ether oxygens (including phenoxy) is 5. The Labute approximate surface area is 164 Å². The second kappa shape index (κ2) is 7.35. The van der Waals surface area contributed by atoms with Crippen LogP contribution in [0.4, 0.5) is 0 Å². The minimum Gasteiger partial charge on any atom is -0.493 e. The molecule has 5 heteroatoms. The highest BCUT2D eigenvalue weighted by molar-refractivity contribution is 5.94. The van der Waals surface area contributed by atoms with Gasteiger partial charge in [0, 0.05) is 16.5 Å². The van der Waals surface area contributed by atoms with Crippen LogP contribution in [0.25, 0.3) is 16.8 Å². The first kappa shape index (κ1) is 18.0. The molecular formula is C23H22O5. The van der Waals surface area contributed by atoms with E-state index in [0.717, 1.165) is 27.6 Å². The quantitative estimate of drug-likeness (QED) is 0.624. The van der Waals surface area contributed by atoms with Crippen molar-refractivity contribution in [3.8, 4) is 28.7 Å². The maximum atomic E-state index is 6.40. The van der Waals surface area contributed by atoms with E-state index in [1.54, 1.807) is 28.4 Å². The molecule has 1 heterocycles. The van der Waals surface area contributed by atoms with Gasteiger partial charge >= 0.3 is 0 Å². The number of methoxy groups -OCH3 is 4. The Hall–Kier alpha value is -3.34. The molecule has 0 spiro atoms. The SMILES string of the molecule is COc1ccc(C2C=Cc3ccc4cc(OC)c(OC)cc4c3O2)cc1OC. The zero-order valence-corrected chi connectivity index (χ0v) is 16.3. The molecule has 3 aromatic rings. The molecule has 0 aliphatic carbocycles. The average Bonchev–Trinajstić information content (AvgIpc) is 2.76. The highest BCUT2D eigenvalue weighted by Gasteiger charge is 2.21. The number of rotatable bonds is 5. The molecule has 3 aromatic carbocycles. The second-order valence-corrected chi connectivity index (χ2v) is 6.42. The van der Waals surface area contributed by atoms with Crippen molar-refractivity contribution in [2.24, 2.45) is 0 Å². The monoisotopic (exact) mass is 378 g/mol. The molecular weight excluding hydrogens is 356 g/mol. The van der Waals surface area contributed by atoms with Crippen molar-refractivity contribution in [2.45, 2.75) is 6.10 Å². The number of hydrogen-bond donors (Lipinski definition) is 0. The van der Waals surface area contributed by atoms with E-state index >= 15 is 0 Å². The van der Waals surface area contributed by atoms with E-state index in [4.69, 9.17) is 23.7 Å². The third kappa shape index (κ3) is 2.99. The van der Waals surface area contributed by atoms with Crippen LogP contribution in [0, 0.1) is 0 Å². The first-order valence-corrected chi connectivity index (χ1v) is 8.94. The number of benzene rings is 3. The lowest BCUT2D eigenvalue weighted by atomic mass is 9.99. The first-order valence-electron chi connectivity index (χ1n) is 8.94. The van der Waals surface area contributed by atoms with Gasteiger partial charge in [0.15, 0.2) is 23.0 Å².